The molecule has 0 fully saturated rings. The Kier molecular flexibility index (Phi) is 8.54. The normalized spacial score (nSPS) is 12.0. The Bertz CT molecular complexity index is 552. The quantitative estimate of drug-likeness (QED) is 0.767. The van der Waals surface area contributed by atoms with Gasteiger partial charge < -0.3 is 5.73 Å². The zero-order chi connectivity index (χ0) is 15.4. The fourth-order valence-corrected chi connectivity index (χ4v) is 3.98. The second-order valence-electron chi connectivity index (χ2n) is 4.80. The van der Waals surface area contributed by atoms with Gasteiger partial charge in [-0.1, -0.05) is 43.1 Å². The molecule has 1 aromatic rings. The fourth-order valence-electron chi connectivity index (χ4n) is 1.94. The van der Waals surface area contributed by atoms with Crippen molar-refractivity contribution in [3.63, 3.8) is 0 Å². The summed E-state index contributed by atoms with van der Waals surface area (Å²) in [5.74, 6) is -0.147. The summed E-state index contributed by atoms with van der Waals surface area (Å²) >= 11 is 11.7. The first-order valence-corrected chi connectivity index (χ1v) is 8.84. The molecule has 0 aliphatic heterocycles. The molecule has 0 saturated carbocycles. The fraction of sp³-hybridized carbons (Fsp3) is 0.538. The first kappa shape index (κ1) is 21.0. The topological polar surface area (TPSA) is 72.2 Å². The highest BCUT2D eigenvalue weighted by Crippen LogP contribution is 2.24. The number of benzene rings is 1. The highest BCUT2D eigenvalue weighted by molar-refractivity contribution is 7.88. The summed E-state index contributed by atoms with van der Waals surface area (Å²) < 4.78 is 27.2. The van der Waals surface area contributed by atoms with Crippen LogP contribution in [0, 0.1) is 0 Å². The zero-order valence-electron chi connectivity index (χ0n) is 12.0. The average molecular weight is 376 g/mol. The molecule has 0 unspecified atom stereocenters. The van der Waals surface area contributed by atoms with E-state index in [1.165, 1.54) is 0 Å². The Hall–Kier alpha value is -0.0400. The Labute approximate surface area is 142 Å². The van der Waals surface area contributed by atoms with Gasteiger partial charge in [-0.2, -0.15) is 0 Å². The van der Waals surface area contributed by atoms with Gasteiger partial charge in [0.1, 0.15) is 0 Å². The van der Waals surface area contributed by atoms with E-state index in [9.17, 15) is 8.42 Å². The van der Waals surface area contributed by atoms with Crippen molar-refractivity contribution in [1.29, 1.82) is 0 Å². The van der Waals surface area contributed by atoms with Crippen molar-refractivity contribution in [3.8, 4) is 0 Å². The lowest BCUT2D eigenvalue weighted by molar-refractivity contribution is 0.363. The van der Waals surface area contributed by atoms with Crippen LogP contribution in [0.15, 0.2) is 18.2 Å². The van der Waals surface area contributed by atoms with Crippen LogP contribution in [0.1, 0.15) is 32.3 Å². The third kappa shape index (κ3) is 5.93. The predicted octanol–water partition coefficient (Wildman–Crippen LogP) is 3.35. The smallest absolute Gasteiger partial charge is 0.216 e. The van der Waals surface area contributed by atoms with Crippen molar-refractivity contribution < 1.29 is 8.42 Å². The molecule has 0 spiro atoms. The van der Waals surface area contributed by atoms with Crippen LogP contribution in [0.4, 0.5) is 0 Å². The number of halogens is 3. The summed E-state index contributed by atoms with van der Waals surface area (Å²) in [4.78, 5) is 0. The standard InChI is InChI=1S/C13H20Cl2N2O2S.ClH/c1-3-13(4-2,9-16)17-20(18,19)8-10-5-6-11(14)12(15)7-10;/h5-7,17H,3-4,8-9,16H2,1-2H3;1H. The second-order valence-corrected chi connectivity index (χ2v) is 7.34. The molecule has 122 valence electrons. The second kappa shape index (κ2) is 8.56. The highest BCUT2D eigenvalue weighted by atomic mass is 35.5. The third-order valence-corrected chi connectivity index (χ3v) is 5.65. The summed E-state index contributed by atoms with van der Waals surface area (Å²) in [7, 11) is -3.49. The molecule has 1 rings (SSSR count). The average Bonchev–Trinajstić information content (AvgIpc) is 2.40. The predicted molar refractivity (Wildman–Crippen MR) is 91.8 cm³/mol. The van der Waals surface area contributed by atoms with Gasteiger partial charge in [0.05, 0.1) is 15.8 Å². The van der Waals surface area contributed by atoms with Crippen molar-refractivity contribution in [3.05, 3.63) is 33.8 Å². The lowest BCUT2D eigenvalue weighted by Crippen LogP contribution is -2.53. The van der Waals surface area contributed by atoms with Gasteiger partial charge >= 0.3 is 0 Å². The molecule has 0 aromatic heterocycles. The van der Waals surface area contributed by atoms with Gasteiger partial charge in [0.25, 0.3) is 0 Å². The first-order valence-electron chi connectivity index (χ1n) is 6.43. The molecule has 3 N–H and O–H groups in total. The van der Waals surface area contributed by atoms with E-state index in [2.05, 4.69) is 4.72 Å². The Morgan fingerprint density at radius 3 is 2.19 bits per heavy atom. The summed E-state index contributed by atoms with van der Waals surface area (Å²) in [6.07, 6.45) is 1.28. The largest absolute Gasteiger partial charge is 0.329 e. The maximum Gasteiger partial charge on any atom is 0.216 e. The molecule has 21 heavy (non-hydrogen) atoms. The van der Waals surface area contributed by atoms with E-state index in [0.29, 0.717) is 28.5 Å². The Balaban J connectivity index is 0.00000400. The monoisotopic (exact) mass is 374 g/mol. The molecule has 4 nitrogen and oxygen atoms in total. The highest BCUT2D eigenvalue weighted by Gasteiger charge is 2.29. The van der Waals surface area contributed by atoms with Crippen molar-refractivity contribution in [1.82, 2.24) is 4.72 Å². The summed E-state index contributed by atoms with van der Waals surface area (Å²) in [5.41, 5.74) is 5.71. The summed E-state index contributed by atoms with van der Waals surface area (Å²) in [6.45, 7) is 4.09. The molecule has 0 aliphatic carbocycles. The van der Waals surface area contributed by atoms with Crippen LogP contribution in [0.5, 0.6) is 0 Å². The van der Waals surface area contributed by atoms with Gasteiger partial charge in [-0.15, -0.1) is 12.4 Å². The van der Waals surface area contributed by atoms with Gasteiger partial charge in [-0.05, 0) is 30.5 Å². The van der Waals surface area contributed by atoms with E-state index in [1.807, 2.05) is 13.8 Å². The maximum atomic E-state index is 12.2. The molecular weight excluding hydrogens is 355 g/mol. The summed E-state index contributed by atoms with van der Waals surface area (Å²) in [6, 6.07) is 4.80. The van der Waals surface area contributed by atoms with Crippen LogP contribution in [-0.2, 0) is 15.8 Å². The van der Waals surface area contributed by atoms with Gasteiger partial charge in [-0.25, -0.2) is 13.1 Å². The minimum absolute atomic E-state index is 0. The lowest BCUT2D eigenvalue weighted by atomic mass is 9.95. The number of hydrogen-bond acceptors (Lipinski definition) is 3. The molecule has 0 amide bonds. The van der Waals surface area contributed by atoms with Gasteiger partial charge in [0.15, 0.2) is 0 Å². The van der Waals surface area contributed by atoms with E-state index in [4.69, 9.17) is 28.9 Å². The molecule has 0 heterocycles. The molecule has 0 saturated heterocycles. The van der Waals surface area contributed by atoms with Crippen molar-refractivity contribution in [2.75, 3.05) is 6.54 Å². The molecule has 1 aromatic carbocycles. The minimum Gasteiger partial charge on any atom is -0.329 e. The molecular formula is C13H21Cl3N2O2S. The molecule has 0 bridgehead atoms. The number of nitrogens with one attached hydrogen (secondary N) is 1. The van der Waals surface area contributed by atoms with E-state index in [0.717, 1.165) is 0 Å². The Morgan fingerprint density at radius 1 is 1.19 bits per heavy atom. The number of hydrogen-bond donors (Lipinski definition) is 2. The van der Waals surface area contributed by atoms with E-state index in [1.54, 1.807) is 18.2 Å². The van der Waals surface area contributed by atoms with Crippen LogP contribution in [0.2, 0.25) is 10.0 Å². The van der Waals surface area contributed by atoms with Crippen molar-refractivity contribution >= 4 is 45.6 Å². The van der Waals surface area contributed by atoms with Gasteiger partial charge in [-0.3, -0.25) is 0 Å². The molecule has 0 atom stereocenters. The van der Waals surface area contributed by atoms with Crippen LogP contribution >= 0.6 is 35.6 Å². The first-order chi connectivity index (χ1) is 9.27. The van der Waals surface area contributed by atoms with Crippen LogP contribution in [-0.4, -0.2) is 20.5 Å². The van der Waals surface area contributed by atoms with Gasteiger partial charge in [0, 0.05) is 12.1 Å². The molecule has 0 radical (unpaired) electrons. The van der Waals surface area contributed by atoms with E-state index in [-0.39, 0.29) is 24.7 Å². The van der Waals surface area contributed by atoms with Gasteiger partial charge in [0.2, 0.25) is 10.0 Å². The van der Waals surface area contributed by atoms with Crippen molar-refractivity contribution in [2.24, 2.45) is 5.73 Å². The van der Waals surface area contributed by atoms with Crippen LogP contribution in [0.3, 0.4) is 0 Å². The minimum atomic E-state index is -3.49. The SMILES string of the molecule is CCC(CC)(CN)NS(=O)(=O)Cc1ccc(Cl)c(Cl)c1.Cl. The number of rotatable bonds is 7. The van der Waals surface area contributed by atoms with Crippen LogP contribution in [0.25, 0.3) is 0 Å². The number of nitrogens with two attached hydrogens (primary N) is 1. The third-order valence-electron chi connectivity index (χ3n) is 3.46. The van der Waals surface area contributed by atoms with Crippen molar-refractivity contribution in [2.45, 2.75) is 38.0 Å². The lowest BCUT2D eigenvalue weighted by Gasteiger charge is -2.31. The van der Waals surface area contributed by atoms with Crippen LogP contribution < -0.4 is 10.5 Å². The van der Waals surface area contributed by atoms with E-state index < -0.39 is 15.6 Å². The maximum absolute atomic E-state index is 12.2. The molecule has 8 heteroatoms. The zero-order valence-corrected chi connectivity index (χ0v) is 15.2. The van der Waals surface area contributed by atoms with E-state index >= 15 is 0 Å². The number of sulfonamides is 1. The Morgan fingerprint density at radius 2 is 1.76 bits per heavy atom. The molecule has 0 aliphatic rings. The summed E-state index contributed by atoms with van der Waals surface area (Å²) in [5, 5.41) is 0.745.